The number of benzene rings is 2. The highest BCUT2D eigenvalue weighted by molar-refractivity contribution is 5.63. The van der Waals surface area contributed by atoms with Crippen molar-refractivity contribution < 1.29 is 9.84 Å². The molecular weight excluding hydrogens is 444 g/mol. The largest absolute Gasteiger partial charge is 0.504 e. The second kappa shape index (κ2) is 6.69. The van der Waals surface area contributed by atoms with E-state index < -0.39 is 0 Å². The van der Waals surface area contributed by atoms with Gasteiger partial charge in [-0.15, -0.1) is 0 Å². The van der Waals surface area contributed by atoms with Gasteiger partial charge in [0.2, 0.25) is 0 Å². The number of phenolic OH excluding ortho intramolecular Hbond substituents is 1. The molecule has 188 valence electrons. The highest BCUT2D eigenvalue weighted by atomic mass is 16.5. The Balaban J connectivity index is 1.21. The average molecular weight is 483 g/mol. The van der Waals surface area contributed by atoms with Crippen LogP contribution in [0.1, 0.15) is 55.2 Å². The zero-order valence-electron chi connectivity index (χ0n) is 21.5. The number of rotatable bonds is 5. The molecule has 6 fully saturated rings. The van der Waals surface area contributed by atoms with E-state index in [4.69, 9.17) is 4.74 Å². The Morgan fingerprint density at radius 3 is 2.69 bits per heavy atom. The van der Waals surface area contributed by atoms with E-state index in [0.29, 0.717) is 40.3 Å². The van der Waals surface area contributed by atoms with Gasteiger partial charge >= 0.3 is 0 Å². The van der Waals surface area contributed by atoms with Crippen LogP contribution >= 0.6 is 0 Å². The number of nitrogens with zero attached hydrogens (tertiary/aromatic N) is 2. The maximum Gasteiger partial charge on any atom is 0.161 e. The second-order valence-electron chi connectivity index (χ2n) is 13.4. The summed E-state index contributed by atoms with van der Waals surface area (Å²) in [5.74, 6) is 3.60. The van der Waals surface area contributed by atoms with Gasteiger partial charge in [-0.25, -0.2) is 0 Å². The Hall–Kier alpha value is -2.04. The van der Waals surface area contributed by atoms with Gasteiger partial charge in [0, 0.05) is 48.1 Å². The van der Waals surface area contributed by atoms with Crippen molar-refractivity contribution >= 4 is 0 Å². The maximum atomic E-state index is 11.7. The van der Waals surface area contributed by atoms with Gasteiger partial charge in [0.25, 0.3) is 0 Å². The van der Waals surface area contributed by atoms with Gasteiger partial charge in [-0.1, -0.05) is 36.4 Å². The molecule has 7 atom stereocenters. The SMILES string of the molecule is COc1ccc2c(c1O)C13CCN(CC4CC4)C(C2)C12C[C@@H]1CN(Cc4ccccc4)C4CCC12C43. The predicted octanol–water partition coefficient (Wildman–Crippen LogP) is 4.98. The summed E-state index contributed by atoms with van der Waals surface area (Å²) >= 11 is 0. The lowest BCUT2D eigenvalue weighted by Gasteiger charge is -2.91. The van der Waals surface area contributed by atoms with Gasteiger partial charge in [0.05, 0.1) is 7.11 Å². The molecule has 9 rings (SSSR count). The highest BCUT2D eigenvalue weighted by Gasteiger charge is 2.94. The smallest absolute Gasteiger partial charge is 0.161 e. The highest BCUT2D eigenvalue weighted by Crippen LogP contribution is 2.94. The first-order chi connectivity index (χ1) is 17.6. The minimum atomic E-state index is 0.122. The third kappa shape index (κ3) is 2.09. The van der Waals surface area contributed by atoms with Crippen molar-refractivity contribution in [2.24, 2.45) is 28.6 Å². The number of phenols is 1. The van der Waals surface area contributed by atoms with Gasteiger partial charge in [-0.2, -0.15) is 0 Å². The van der Waals surface area contributed by atoms with Crippen LogP contribution in [0.3, 0.4) is 0 Å². The predicted molar refractivity (Wildman–Crippen MR) is 139 cm³/mol. The number of fused-ring (bicyclic) bond motifs is 1. The Labute approximate surface area is 214 Å². The third-order valence-electron chi connectivity index (χ3n) is 12.7. The number of hydrogen-bond donors (Lipinski definition) is 1. The fraction of sp³-hybridized carbons (Fsp3) is 0.625. The minimum absolute atomic E-state index is 0.122. The zero-order valence-corrected chi connectivity index (χ0v) is 21.5. The molecule has 2 aromatic rings. The maximum absolute atomic E-state index is 11.7. The Kier molecular flexibility index (Phi) is 3.89. The topological polar surface area (TPSA) is 35.9 Å². The molecule has 4 nitrogen and oxygen atoms in total. The molecular formula is C32H38N2O2. The number of hydrogen-bond acceptors (Lipinski definition) is 4. The molecule has 0 aromatic heterocycles. The van der Waals surface area contributed by atoms with Crippen molar-refractivity contribution in [1.82, 2.24) is 9.80 Å². The fourth-order valence-corrected chi connectivity index (χ4v) is 11.8. The van der Waals surface area contributed by atoms with Crippen LogP contribution < -0.4 is 4.74 Å². The molecule has 0 amide bonds. The van der Waals surface area contributed by atoms with Crippen LogP contribution in [0.15, 0.2) is 42.5 Å². The standard InChI is InChI=1S/C32H38N2O2/c1-36-25-10-9-22-15-26-32-16-23-19-34(18-20-5-3-2-4-6-20)24-11-12-30(23,32)29(24)31(32,27(22)28(25)35)13-14-33(26)17-21-7-8-21/h2-6,9-10,21,23-24,26,29,35H,7-8,11-19H2,1H3/t23-,24?,26?,29?,30?,31?,32?/m1/s1. The summed E-state index contributed by atoms with van der Waals surface area (Å²) in [6.45, 7) is 4.88. The number of likely N-dealkylation sites (tertiary alicyclic amines) is 2. The monoisotopic (exact) mass is 482 g/mol. The first-order valence-corrected chi connectivity index (χ1v) is 14.6. The van der Waals surface area contributed by atoms with Gasteiger partial charge in [-0.05, 0) is 91.9 Å². The van der Waals surface area contributed by atoms with Crippen LogP contribution in [-0.4, -0.2) is 53.7 Å². The van der Waals surface area contributed by atoms with Crippen molar-refractivity contribution in [2.75, 3.05) is 26.7 Å². The molecule has 2 saturated heterocycles. The molecule has 1 N–H and O–H groups in total. The summed E-state index contributed by atoms with van der Waals surface area (Å²) in [5, 5.41) is 11.7. The molecule has 2 spiro atoms. The van der Waals surface area contributed by atoms with E-state index in [-0.39, 0.29) is 5.41 Å². The molecule has 2 heterocycles. The van der Waals surface area contributed by atoms with Crippen LogP contribution in [0.25, 0.3) is 0 Å². The molecule has 36 heavy (non-hydrogen) atoms. The van der Waals surface area contributed by atoms with Gasteiger partial charge < -0.3 is 9.84 Å². The molecule has 5 aliphatic carbocycles. The van der Waals surface area contributed by atoms with Crippen LogP contribution in [0.2, 0.25) is 0 Å². The van der Waals surface area contributed by atoms with E-state index in [1.807, 2.05) is 6.07 Å². The van der Waals surface area contributed by atoms with Crippen LogP contribution in [0, 0.1) is 28.6 Å². The Morgan fingerprint density at radius 1 is 1.03 bits per heavy atom. The van der Waals surface area contributed by atoms with Crippen LogP contribution in [0.5, 0.6) is 11.5 Å². The van der Waals surface area contributed by atoms with Gasteiger partial charge in [0.15, 0.2) is 11.5 Å². The number of ether oxygens (including phenoxy) is 1. The third-order valence-corrected chi connectivity index (χ3v) is 12.7. The summed E-state index contributed by atoms with van der Waals surface area (Å²) in [6, 6.07) is 16.8. The molecule has 2 aromatic carbocycles. The molecule has 4 bridgehead atoms. The second-order valence-corrected chi connectivity index (χ2v) is 13.4. The number of aromatic hydroxyl groups is 1. The van der Waals surface area contributed by atoms with Crippen molar-refractivity contribution in [1.29, 1.82) is 0 Å². The van der Waals surface area contributed by atoms with E-state index in [1.165, 1.54) is 74.8 Å². The van der Waals surface area contributed by atoms with Crippen molar-refractivity contribution in [3.8, 4) is 11.5 Å². The lowest BCUT2D eigenvalue weighted by molar-refractivity contribution is -0.398. The van der Waals surface area contributed by atoms with Crippen molar-refractivity contribution in [3.05, 3.63) is 59.2 Å². The molecule has 2 aliphatic heterocycles. The van der Waals surface area contributed by atoms with Crippen LogP contribution in [-0.2, 0) is 18.4 Å². The normalized spacial score (nSPS) is 43.6. The lowest BCUT2D eigenvalue weighted by atomic mass is 9.15. The summed E-state index contributed by atoms with van der Waals surface area (Å²) in [4.78, 5) is 5.82. The van der Waals surface area contributed by atoms with E-state index in [9.17, 15) is 5.11 Å². The van der Waals surface area contributed by atoms with Crippen LogP contribution in [0.4, 0.5) is 0 Å². The van der Waals surface area contributed by atoms with E-state index >= 15 is 0 Å². The molecule has 4 heteroatoms. The number of piperidine rings is 2. The first kappa shape index (κ1) is 21.0. The zero-order chi connectivity index (χ0) is 23.9. The quantitative estimate of drug-likeness (QED) is 0.652. The fourth-order valence-electron chi connectivity index (χ4n) is 11.8. The lowest BCUT2D eigenvalue weighted by Crippen LogP contribution is -2.93. The number of methoxy groups -OCH3 is 1. The molecule has 0 radical (unpaired) electrons. The van der Waals surface area contributed by atoms with E-state index in [1.54, 1.807) is 7.11 Å². The van der Waals surface area contributed by atoms with Crippen molar-refractivity contribution in [2.45, 2.75) is 69.0 Å². The summed E-state index contributed by atoms with van der Waals surface area (Å²) in [5.41, 5.74) is 5.18. The summed E-state index contributed by atoms with van der Waals surface area (Å²) in [6.07, 6.45) is 9.33. The summed E-state index contributed by atoms with van der Waals surface area (Å²) < 4.78 is 5.71. The average Bonchev–Trinajstić information content (AvgIpc) is 3.62. The minimum Gasteiger partial charge on any atom is -0.504 e. The first-order valence-electron chi connectivity index (χ1n) is 14.6. The van der Waals surface area contributed by atoms with Gasteiger partial charge in [0.1, 0.15) is 0 Å². The van der Waals surface area contributed by atoms with E-state index in [2.05, 4.69) is 46.2 Å². The molecule has 7 aliphatic rings. The van der Waals surface area contributed by atoms with Gasteiger partial charge in [-0.3, -0.25) is 9.80 Å². The van der Waals surface area contributed by atoms with E-state index in [0.717, 1.165) is 24.8 Å². The Bertz CT molecular complexity index is 1260. The molecule has 4 saturated carbocycles. The Morgan fingerprint density at radius 2 is 1.89 bits per heavy atom. The van der Waals surface area contributed by atoms with Crippen molar-refractivity contribution in [3.63, 3.8) is 0 Å². The molecule has 6 unspecified atom stereocenters. The summed E-state index contributed by atoms with van der Waals surface area (Å²) in [7, 11) is 1.71.